The summed E-state index contributed by atoms with van der Waals surface area (Å²) in [4.78, 5) is 35.4. The lowest BCUT2D eigenvalue weighted by Gasteiger charge is -2.22. The number of carbonyl (C=O) groups excluding carboxylic acids is 2. The third-order valence-electron chi connectivity index (χ3n) is 6.27. The minimum absolute atomic E-state index is 0.00258. The number of aromatic amines is 1. The first-order valence-corrected chi connectivity index (χ1v) is 13.7. The SMILES string of the molecule is CCCCC(=O)Nc1ccc2nc(-c3c(NC(=O)c4ccc(N(CCCl)CCCl)cc4)ccn3C)[nH]c2c1. The number of rotatable bonds is 12. The van der Waals surface area contributed by atoms with Gasteiger partial charge in [-0.1, -0.05) is 13.3 Å². The maximum atomic E-state index is 13.1. The Kier molecular flexibility index (Phi) is 9.31. The number of H-pyrrole nitrogens is 1. The lowest BCUT2D eigenvalue weighted by molar-refractivity contribution is -0.116. The highest BCUT2D eigenvalue weighted by atomic mass is 35.5. The molecule has 38 heavy (non-hydrogen) atoms. The Labute approximate surface area is 232 Å². The van der Waals surface area contributed by atoms with Gasteiger partial charge in [0.2, 0.25) is 5.91 Å². The van der Waals surface area contributed by atoms with Gasteiger partial charge < -0.3 is 25.1 Å². The fourth-order valence-electron chi connectivity index (χ4n) is 4.28. The Morgan fingerprint density at radius 3 is 2.45 bits per heavy atom. The molecule has 0 aliphatic rings. The number of benzene rings is 2. The summed E-state index contributed by atoms with van der Waals surface area (Å²) in [6.07, 6.45) is 4.20. The number of hydrogen-bond acceptors (Lipinski definition) is 4. The first-order valence-electron chi connectivity index (χ1n) is 12.7. The van der Waals surface area contributed by atoms with E-state index in [1.165, 1.54) is 0 Å². The first kappa shape index (κ1) is 27.5. The van der Waals surface area contributed by atoms with Crippen molar-refractivity contribution in [2.24, 2.45) is 7.05 Å². The normalized spacial score (nSPS) is 11.1. The van der Waals surface area contributed by atoms with E-state index in [0.29, 0.717) is 54.0 Å². The molecule has 0 saturated heterocycles. The lowest BCUT2D eigenvalue weighted by Crippen LogP contribution is -2.27. The van der Waals surface area contributed by atoms with Crippen molar-refractivity contribution >= 4 is 63.1 Å². The summed E-state index contributed by atoms with van der Waals surface area (Å²) in [7, 11) is 1.90. The molecule has 4 aromatic rings. The van der Waals surface area contributed by atoms with Gasteiger partial charge in [-0.25, -0.2) is 4.98 Å². The molecule has 2 aromatic heterocycles. The lowest BCUT2D eigenvalue weighted by atomic mass is 10.1. The van der Waals surface area contributed by atoms with E-state index in [-0.39, 0.29) is 11.8 Å². The van der Waals surface area contributed by atoms with Gasteiger partial charge >= 0.3 is 0 Å². The molecule has 0 fully saturated rings. The van der Waals surface area contributed by atoms with Crippen LogP contribution in [-0.4, -0.2) is 51.2 Å². The number of alkyl halides is 2. The van der Waals surface area contributed by atoms with Gasteiger partial charge in [-0.15, -0.1) is 23.2 Å². The Hall–Kier alpha value is -3.49. The predicted octanol–water partition coefficient (Wildman–Crippen LogP) is 6.23. The maximum absolute atomic E-state index is 13.1. The second-order valence-corrected chi connectivity index (χ2v) is 9.78. The van der Waals surface area contributed by atoms with Gasteiger partial charge in [-0.05, 0) is 55.0 Å². The molecule has 0 aliphatic heterocycles. The monoisotopic (exact) mass is 554 g/mol. The molecule has 0 bridgehead atoms. The molecule has 0 atom stereocenters. The third kappa shape index (κ3) is 6.49. The largest absolute Gasteiger partial charge is 0.369 e. The van der Waals surface area contributed by atoms with Gasteiger partial charge in [0, 0.05) is 61.5 Å². The number of halogens is 2. The van der Waals surface area contributed by atoms with Crippen LogP contribution < -0.4 is 15.5 Å². The molecular formula is C28H32Cl2N6O2. The number of anilines is 3. The molecule has 0 saturated carbocycles. The molecule has 0 unspecified atom stereocenters. The predicted molar refractivity (Wildman–Crippen MR) is 157 cm³/mol. The second kappa shape index (κ2) is 12.8. The van der Waals surface area contributed by atoms with E-state index < -0.39 is 0 Å². The Bertz CT molecular complexity index is 1390. The van der Waals surface area contributed by atoms with E-state index in [1.807, 2.05) is 54.2 Å². The molecule has 2 amide bonds. The highest BCUT2D eigenvalue weighted by Gasteiger charge is 2.17. The average molecular weight is 556 g/mol. The molecule has 200 valence electrons. The summed E-state index contributed by atoms with van der Waals surface area (Å²) in [5, 5.41) is 5.95. The van der Waals surface area contributed by atoms with Crippen molar-refractivity contribution in [2.45, 2.75) is 26.2 Å². The molecule has 0 radical (unpaired) electrons. The van der Waals surface area contributed by atoms with Gasteiger partial charge in [0.25, 0.3) is 5.91 Å². The third-order valence-corrected chi connectivity index (χ3v) is 6.61. The van der Waals surface area contributed by atoms with Gasteiger partial charge in [-0.2, -0.15) is 0 Å². The summed E-state index contributed by atoms with van der Waals surface area (Å²) < 4.78 is 1.90. The summed E-state index contributed by atoms with van der Waals surface area (Å²) in [5.41, 5.74) is 5.16. The van der Waals surface area contributed by atoms with Crippen LogP contribution in [0.5, 0.6) is 0 Å². The first-order chi connectivity index (χ1) is 18.4. The highest BCUT2D eigenvalue weighted by Crippen LogP contribution is 2.30. The number of aromatic nitrogens is 3. The number of carbonyl (C=O) groups is 2. The number of amides is 2. The number of nitrogens with zero attached hydrogens (tertiary/aromatic N) is 3. The number of fused-ring (bicyclic) bond motifs is 1. The van der Waals surface area contributed by atoms with Crippen LogP contribution in [0.3, 0.4) is 0 Å². The number of aryl methyl sites for hydroxylation is 1. The zero-order valence-corrected chi connectivity index (χ0v) is 23.1. The molecule has 2 aromatic carbocycles. The van der Waals surface area contributed by atoms with Gasteiger partial charge in [-0.3, -0.25) is 9.59 Å². The van der Waals surface area contributed by atoms with Crippen LogP contribution in [0.2, 0.25) is 0 Å². The van der Waals surface area contributed by atoms with E-state index in [4.69, 9.17) is 28.2 Å². The molecule has 2 heterocycles. The van der Waals surface area contributed by atoms with E-state index in [0.717, 1.165) is 35.3 Å². The van der Waals surface area contributed by atoms with Crippen molar-refractivity contribution in [1.82, 2.24) is 14.5 Å². The van der Waals surface area contributed by atoms with E-state index in [2.05, 4.69) is 27.4 Å². The maximum Gasteiger partial charge on any atom is 0.255 e. The minimum atomic E-state index is -0.224. The van der Waals surface area contributed by atoms with E-state index in [1.54, 1.807) is 12.1 Å². The number of unbranched alkanes of at least 4 members (excludes halogenated alkanes) is 1. The smallest absolute Gasteiger partial charge is 0.255 e. The minimum Gasteiger partial charge on any atom is -0.369 e. The number of hydrogen-bond donors (Lipinski definition) is 3. The van der Waals surface area contributed by atoms with Crippen molar-refractivity contribution in [3.05, 3.63) is 60.3 Å². The van der Waals surface area contributed by atoms with Gasteiger partial charge in [0.15, 0.2) is 5.82 Å². The highest BCUT2D eigenvalue weighted by molar-refractivity contribution is 6.18. The second-order valence-electron chi connectivity index (χ2n) is 9.02. The molecule has 0 aliphatic carbocycles. The number of imidazole rings is 1. The summed E-state index contributed by atoms with van der Waals surface area (Å²) >= 11 is 11.8. The van der Waals surface area contributed by atoms with Crippen molar-refractivity contribution in [3.63, 3.8) is 0 Å². The van der Waals surface area contributed by atoms with Crippen LogP contribution in [0.4, 0.5) is 17.1 Å². The quantitative estimate of drug-likeness (QED) is 0.181. The van der Waals surface area contributed by atoms with Crippen LogP contribution >= 0.6 is 23.2 Å². The molecule has 8 nitrogen and oxygen atoms in total. The standard InChI is InChI=1S/C28H32Cl2N6O2/c1-3-4-5-25(37)31-20-8-11-22-24(18-20)33-27(32-22)26-23(12-15-35(26)2)34-28(38)19-6-9-21(10-7-19)36(16-13-29)17-14-30/h6-12,15,18H,3-5,13-14,16-17H2,1-2H3,(H,31,37)(H,32,33)(H,34,38). The molecule has 3 N–H and O–H groups in total. The Morgan fingerprint density at radius 1 is 1.03 bits per heavy atom. The van der Waals surface area contributed by atoms with Gasteiger partial charge in [0.05, 0.1) is 16.7 Å². The van der Waals surface area contributed by atoms with Crippen molar-refractivity contribution in [1.29, 1.82) is 0 Å². The van der Waals surface area contributed by atoms with Crippen molar-refractivity contribution < 1.29 is 9.59 Å². The van der Waals surface area contributed by atoms with Crippen LogP contribution in [0.15, 0.2) is 54.7 Å². The molecule has 0 spiro atoms. The van der Waals surface area contributed by atoms with E-state index in [9.17, 15) is 9.59 Å². The summed E-state index contributed by atoms with van der Waals surface area (Å²) in [6, 6.07) is 14.8. The molecule has 4 rings (SSSR count). The van der Waals surface area contributed by atoms with Crippen LogP contribution in [0.1, 0.15) is 36.5 Å². The zero-order valence-electron chi connectivity index (χ0n) is 21.6. The van der Waals surface area contributed by atoms with Crippen molar-refractivity contribution in [2.75, 3.05) is 40.4 Å². The van der Waals surface area contributed by atoms with E-state index >= 15 is 0 Å². The molecular weight excluding hydrogens is 523 g/mol. The topological polar surface area (TPSA) is 95.0 Å². The van der Waals surface area contributed by atoms with Crippen LogP contribution in [0, 0.1) is 0 Å². The fourth-order valence-corrected chi connectivity index (χ4v) is 4.69. The number of nitrogens with one attached hydrogen (secondary N) is 3. The fraction of sp³-hybridized carbons (Fsp3) is 0.321. The zero-order chi connectivity index (χ0) is 27.1. The molecule has 10 heteroatoms. The Balaban J connectivity index is 1.52. The van der Waals surface area contributed by atoms with Crippen LogP contribution in [0.25, 0.3) is 22.6 Å². The summed E-state index contributed by atoms with van der Waals surface area (Å²) in [5.74, 6) is 1.38. The summed E-state index contributed by atoms with van der Waals surface area (Å²) in [6.45, 7) is 3.41. The van der Waals surface area contributed by atoms with Crippen LogP contribution in [-0.2, 0) is 11.8 Å². The van der Waals surface area contributed by atoms with Gasteiger partial charge in [0.1, 0.15) is 5.69 Å². The average Bonchev–Trinajstić information content (AvgIpc) is 3.49. The Morgan fingerprint density at radius 2 is 1.76 bits per heavy atom. The van der Waals surface area contributed by atoms with Crippen molar-refractivity contribution in [3.8, 4) is 11.5 Å².